The summed E-state index contributed by atoms with van der Waals surface area (Å²) in [6.45, 7) is 4.44. The minimum absolute atomic E-state index is 0.0180. The lowest BCUT2D eigenvalue weighted by atomic mass is 10.2. The summed E-state index contributed by atoms with van der Waals surface area (Å²) in [4.78, 5) is 12.4. The Morgan fingerprint density at radius 1 is 1.42 bits per heavy atom. The average Bonchev–Trinajstić information content (AvgIpc) is 2.42. The third-order valence-corrected chi connectivity index (χ3v) is 2.98. The third-order valence-electron chi connectivity index (χ3n) is 2.98. The second-order valence-electron chi connectivity index (χ2n) is 4.28. The van der Waals surface area contributed by atoms with Gasteiger partial charge in [0.05, 0.1) is 29.9 Å². The third kappa shape index (κ3) is 3.80. The number of ether oxygens (including phenoxy) is 2. The van der Waals surface area contributed by atoms with Gasteiger partial charge in [0.2, 0.25) is 0 Å². The first-order valence-corrected chi connectivity index (χ1v) is 6.13. The van der Waals surface area contributed by atoms with Crippen molar-refractivity contribution in [3.8, 4) is 5.75 Å². The van der Waals surface area contributed by atoms with Gasteiger partial charge < -0.3 is 15.2 Å². The van der Waals surface area contributed by atoms with Crippen molar-refractivity contribution in [1.82, 2.24) is 4.90 Å². The summed E-state index contributed by atoms with van der Waals surface area (Å²) in [6, 6.07) is 4.21. The van der Waals surface area contributed by atoms with Crippen LogP contribution in [0.1, 0.15) is 0 Å². The van der Waals surface area contributed by atoms with Crippen LogP contribution in [0.4, 0.5) is 11.4 Å². The molecule has 1 aliphatic heterocycles. The molecule has 0 aliphatic carbocycles. The quantitative estimate of drug-likeness (QED) is 0.484. The van der Waals surface area contributed by atoms with Crippen LogP contribution in [0.15, 0.2) is 18.2 Å². The number of nitrogens with zero attached hydrogens (tertiary/aromatic N) is 2. The first-order valence-electron chi connectivity index (χ1n) is 6.13. The van der Waals surface area contributed by atoms with E-state index < -0.39 is 4.92 Å². The van der Waals surface area contributed by atoms with Crippen LogP contribution in [0.3, 0.4) is 0 Å². The fraction of sp³-hybridized carbons (Fsp3) is 0.500. The predicted octanol–water partition coefficient (Wildman–Crippen LogP) is 0.888. The molecule has 7 nitrogen and oxygen atoms in total. The molecule has 1 aliphatic rings. The fourth-order valence-corrected chi connectivity index (χ4v) is 1.87. The van der Waals surface area contributed by atoms with Gasteiger partial charge in [-0.25, -0.2) is 0 Å². The Hall–Kier alpha value is -1.86. The van der Waals surface area contributed by atoms with Gasteiger partial charge in [-0.3, -0.25) is 15.0 Å². The molecule has 0 atom stereocenters. The molecule has 1 saturated heterocycles. The lowest BCUT2D eigenvalue weighted by molar-refractivity contribution is -0.384. The van der Waals surface area contributed by atoms with Gasteiger partial charge in [-0.05, 0) is 6.07 Å². The Labute approximate surface area is 111 Å². The molecular weight excluding hydrogens is 250 g/mol. The van der Waals surface area contributed by atoms with E-state index in [1.54, 1.807) is 0 Å². The number of rotatable bonds is 5. The van der Waals surface area contributed by atoms with Gasteiger partial charge in [-0.15, -0.1) is 0 Å². The van der Waals surface area contributed by atoms with Crippen LogP contribution >= 0.6 is 0 Å². The second-order valence-corrected chi connectivity index (χ2v) is 4.28. The van der Waals surface area contributed by atoms with Gasteiger partial charge in [0.1, 0.15) is 12.4 Å². The zero-order chi connectivity index (χ0) is 13.7. The highest BCUT2D eigenvalue weighted by Gasteiger charge is 2.12. The summed E-state index contributed by atoms with van der Waals surface area (Å²) >= 11 is 0. The number of nitrogens with two attached hydrogens (primary N) is 1. The van der Waals surface area contributed by atoms with E-state index in [2.05, 4.69) is 4.90 Å². The summed E-state index contributed by atoms with van der Waals surface area (Å²) in [5.74, 6) is 0.363. The van der Waals surface area contributed by atoms with Crippen molar-refractivity contribution in [3.63, 3.8) is 0 Å². The van der Waals surface area contributed by atoms with Gasteiger partial charge in [-0.2, -0.15) is 0 Å². The van der Waals surface area contributed by atoms with E-state index in [0.29, 0.717) is 18.0 Å². The lowest BCUT2D eigenvalue weighted by Gasteiger charge is -2.26. The maximum atomic E-state index is 10.7. The minimum atomic E-state index is -0.464. The van der Waals surface area contributed by atoms with E-state index in [1.807, 2.05) is 0 Å². The van der Waals surface area contributed by atoms with Crippen molar-refractivity contribution in [1.29, 1.82) is 0 Å². The van der Waals surface area contributed by atoms with E-state index in [9.17, 15) is 10.1 Å². The van der Waals surface area contributed by atoms with E-state index in [0.717, 1.165) is 32.8 Å². The normalized spacial score (nSPS) is 16.2. The molecule has 0 bridgehead atoms. The zero-order valence-corrected chi connectivity index (χ0v) is 10.6. The standard InChI is InChI=1S/C12H17N3O4/c13-11-2-1-10(15(16)17)9-12(11)19-8-5-14-3-6-18-7-4-14/h1-2,9H,3-8,13H2. The van der Waals surface area contributed by atoms with Crippen LogP contribution < -0.4 is 10.5 Å². The van der Waals surface area contributed by atoms with Crippen LogP contribution in [0, 0.1) is 10.1 Å². The number of hydrogen-bond donors (Lipinski definition) is 1. The number of anilines is 1. The van der Waals surface area contributed by atoms with Crippen molar-refractivity contribution in [2.45, 2.75) is 0 Å². The van der Waals surface area contributed by atoms with Gasteiger partial charge in [0.25, 0.3) is 5.69 Å². The Balaban J connectivity index is 1.87. The molecule has 0 spiro atoms. The number of morpholine rings is 1. The lowest BCUT2D eigenvalue weighted by Crippen LogP contribution is -2.38. The van der Waals surface area contributed by atoms with Gasteiger partial charge >= 0.3 is 0 Å². The average molecular weight is 267 g/mol. The van der Waals surface area contributed by atoms with Gasteiger partial charge in [0, 0.05) is 25.7 Å². The van der Waals surface area contributed by atoms with E-state index in [1.165, 1.54) is 18.2 Å². The van der Waals surface area contributed by atoms with Crippen LogP contribution in [0.2, 0.25) is 0 Å². The number of nitro groups is 1. The smallest absolute Gasteiger partial charge is 0.273 e. The Morgan fingerprint density at radius 3 is 2.84 bits per heavy atom. The van der Waals surface area contributed by atoms with Crippen molar-refractivity contribution in [2.24, 2.45) is 0 Å². The summed E-state index contributed by atoms with van der Waals surface area (Å²) in [6.07, 6.45) is 0. The Bertz CT molecular complexity index is 447. The highest BCUT2D eigenvalue weighted by Crippen LogP contribution is 2.26. The summed E-state index contributed by atoms with van der Waals surface area (Å²) in [5, 5.41) is 10.7. The molecule has 2 rings (SSSR count). The monoisotopic (exact) mass is 267 g/mol. The van der Waals surface area contributed by atoms with Crippen molar-refractivity contribution in [2.75, 3.05) is 45.2 Å². The molecule has 0 amide bonds. The molecule has 0 saturated carbocycles. The molecule has 0 unspecified atom stereocenters. The van der Waals surface area contributed by atoms with E-state index in [-0.39, 0.29) is 5.69 Å². The van der Waals surface area contributed by atoms with Crippen molar-refractivity contribution in [3.05, 3.63) is 28.3 Å². The number of benzene rings is 1. The summed E-state index contributed by atoms with van der Waals surface area (Å²) in [5.41, 5.74) is 6.12. The molecule has 19 heavy (non-hydrogen) atoms. The maximum absolute atomic E-state index is 10.7. The first-order chi connectivity index (χ1) is 9.16. The van der Waals surface area contributed by atoms with E-state index >= 15 is 0 Å². The summed E-state index contributed by atoms with van der Waals surface area (Å²) < 4.78 is 10.8. The molecule has 2 N–H and O–H groups in total. The van der Waals surface area contributed by atoms with Crippen LogP contribution in [0.25, 0.3) is 0 Å². The molecule has 7 heteroatoms. The number of non-ortho nitro benzene ring substituents is 1. The fourth-order valence-electron chi connectivity index (χ4n) is 1.87. The Kier molecular flexibility index (Phi) is 4.53. The first kappa shape index (κ1) is 13.6. The molecule has 1 aromatic rings. The van der Waals surface area contributed by atoms with Gasteiger partial charge in [-0.1, -0.05) is 0 Å². The van der Waals surface area contributed by atoms with Crippen LogP contribution in [0.5, 0.6) is 5.75 Å². The van der Waals surface area contributed by atoms with Gasteiger partial charge in [0.15, 0.2) is 0 Å². The van der Waals surface area contributed by atoms with Crippen LogP contribution in [-0.4, -0.2) is 49.3 Å². The maximum Gasteiger partial charge on any atom is 0.273 e. The van der Waals surface area contributed by atoms with E-state index in [4.69, 9.17) is 15.2 Å². The minimum Gasteiger partial charge on any atom is -0.490 e. The molecule has 1 fully saturated rings. The Morgan fingerprint density at radius 2 is 2.16 bits per heavy atom. The second kappa shape index (κ2) is 6.35. The molecule has 104 valence electrons. The highest BCUT2D eigenvalue weighted by atomic mass is 16.6. The number of hydrogen-bond acceptors (Lipinski definition) is 6. The molecule has 0 radical (unpaired) electrons. The SMILES string of the molecule is Nc1ccc([N+](=O)[O-])cc1OCCN1CCOCC1. The summed E-state index contributed by atoms with van der Waals surface area (Å²) in [7, 11) is 0. The molecular formula is C12H17N3O4. The van der Waals surface area contributed by atoms with Crippen molar-refractivity contribution >= 4 is 11.4 Å². The number of nitro benzene ring substituents is 1. The predicted molar refractivity (Wildman–Crippen MR) is 70.3 cm³/mol. The molecule has 1 heterocycles. The number of nitrogen functional groups attached to an aromatic ring is 1. The largest absolute Gasteiger partial charge is 0.490 e. The van der Waals surface area contributed by atoms with Crippen LogP contribution in [-0.2, 0) is 4.74 Å². The van der Waals surface area contributed by atoms with Crippen molar-refractivity contribution < 1.29 is 14.4 Å². The topological polar surface area (TPSA) is 90.9 Å². The molecule has 1 aromatic carbocycles. The molecule has 0 aromatic heterocycles. The highest BCUT2D eigenvalue weighted by molar-refractivity contribution is 5.57. The zero-order valence-electron chi connectivity index (χ0n) is 10.6.